The lowest BCUT2D eigenvalue weighted by Crippen LogP contribution is -2.16. The predicted octanol–water partition coefficient (Wildman–Crippen LogP) is 3.77. The van der Waals surface area contributed by atoms with Crippen LogP contribution in [-0.4, -0.2) is 17.2 Å². The predicted molar refractivity (Wildman–Crippen MR) is 74.7 cm³/mol. The summed E-state index contributed by atoms with van der Waals surface area (Å²) in [5.41, 5.74) is 1.27. The van der Waals surface area contributed by atoms with Gasteiger partial charge in [-0.05, 0) is 48.2 Å². The van der Waals surface area contributed by atoms with Crippen LogP contribution in [0.1, 0.15) is 43.2 Å². The molecule has 0 saturated heterocycles. The Morgan fingerprint density at radius 1 is 1.30 bits per heavy atom. The number of rotatable bonds is 5. The van der Waals surface area contributed by atoms with Crippen LogP contribution in [0.4, 0.5) is 4.39 Å². The van der Waals surface area contributed by atoms with Gasteiger partial charge in [0.15, 0.2) is 0 Å². The van der Waals surface area contributed by atoms with Gasteiger partial charge in [-0.15, -0.1) is 0 Å². The van der Waals surface area contributed by atoms with Crippen molar-refractivity contribution in [3.05, 3.63) is 41.2 Å². The molecule has 1 fully saturated rings. The van der Waals surface area contributed by atoms with Crippen molar-refractivity contribution < 1.29 is 19.0 Å². The summed E-state index contributed by atoms with van der Waals surface area (Å²) in [6, 6.07) is 4.50. The number of halogens is 1. The van der Waals surface area contributed by atoms with Gasteiger partial charge in [0, 0.05) is 6.08 Å². The average molecular weight is 278 g/mol. The second kappa shape index (κ2) is 7.20. The van der Waals surface area contributed by atoms with Crippen LogP contribution in [0.15, 0.2) is 24.3 Å². The molecule has 1 aliphatic rings. The number of benzene rings is 1. The van der Waals surface area contributed by atoms with Gasteiger partial charge in [-0.3, -0.25) is 0 Å². The summed E-state index contributed by atoms with van der Waals surface area (Å²) in [5, 5.41) is 8.58. The zero-order valence-electron chi connectivity index (χ0n) is 11.3. The van der Waals surface area contributed by atoms with Crippen molar-refractivity contribution in [2.24, 2.45) is 0 Å². The monoisotopic (exact) mass is 278 g/mol. The summed E-state index contributed by atoms with van der Waals surface area (Å²) in [6.45, 7) is 0.371. The third kappa shape index (κ3) is 4.78. The van der Waals surface area contributed by atoms with Crippen LogP contribution >= 0.6 is 0 Å². The minimum Gasteiger partial charge on any atom is -0.478 e. The molecule has 0 unspecified atom stereocenters. The SMILES string of the molecule is O=C(O)C=Cc1cc(F)cc(COC2CCCCC2)c1. The largest absolute Gasteiger partial charge is 0.478 e. The minimum absolute atomic E-state index is 0.269. The molecule has 0 radical (unpaired) electrons. The number of carboxylic acids is 1. The fourth-order valence-electron chi connectivity index (χ4n) is 2.47. The van der Waals surface area contributed by atoms with Gasteiger partial charge in [-0.25, -0.2) is 9.18 Å². The molecule has 20 heavy (non-hydrogen) atoms. The summed E-state index contributed by atoms with van der Waals surface area (Å²) >= 11 is 0. The summed E-state index contributed by atoms with van der Waals surface area (Å²) in [4.78, 5) is 10.5. The lowest BCUT2D eigenvalue weighted by Gasteiger charge is -2.22. The second-order valence-electron chi connectivity index (χ2n) is 5.14. The Labute approximate surface area is 118 Å². The molecule has 0 spiro atoms. The van der Waals surface area contributed by atoms with Gasteiger partial charge < -0.3 is 9.84 Å². The smallest absolute Gasteiger partial charge is 0.328 e. The van der Waals surface area contributed by atoms with Gasteiger partial charge in [0.1, 0.15) is 5.82 Å². The highest BCUT2D eigenvalue weighted by Gasteiger charge is 2.13. The Kier molecular flexibility index (Phi) is 5.30. The molecule has 1 aromatic rings. The van der Waals surface area contributed by atoms with Crippen LogP contribution in [0.3, 0.4) is 0 Å². The molecule has 1 aromatic carbocycles. The van der Waals surface area contributed by atoms with E-state index in [4.69, 9.17) is 9.84 Å². The Bertz CT molecular complexity index is 490. The van der Waals surface area contributed by atoms with E-state index in [1.807, 2.05) is 0 Å². The maximum atomic E-state index is 13.5. The van der Waals surface area contributed by atoms with Gasteiger partial charge in [0.25, 0.3) is 0 Å². The zero-order valence-corrected chi connectivity index (χ0v) is 11.3. The highest BCUT2D eigenvalue weighted by Crippen LogP contribution is 2.22. The number of ether oxygens (including phenoxy) is 1. The molecule has 0 aromatic heterocycles. The molecule has 108 valence electrons. The van der Waals surface area contributed by atoms with E-state index in [0.29, 0.717) is 12.2 Å². The first-order valence-corrected chi connectivity index (χ1v) is 6.95. The average Bonchev–Trinajstić information content (AvgIpc) is 2.44. The fraction of sp³-hybridized carbons (Fsp3) is 0.438. The molecule has 4 heteroatoms. The highest BCUT2D eigenvalue weighted by atomic mass is 19.1. The first-order valence-electron chi connectivity index (χ1n) is 6.95. The quantitative estimate of drug-likeness (QED) is 0.834. The van der Waals surface area contributed by atoms with Crippen molar-refractivity contribution in [3.8, 4) is 0 Å². The van der Waals surface area contributed by atoms with Crippen molar-refractivity contribution in [1.82, 2.24) is 0 Å². The van der Waals surface area contributed by atoms with Gasteiger partial charge in [-0.1, -0.05) is 19.3 Å². The van der Waals surface area contributed by atoms with E-state index in [2.05, 4.69) is 0 Å². The van der Waals surface area contributed by atoms with Crippen LogP contribution in [0, 0.1) is 5.82 Å². The normalized spacial score (nSPS) is 16.6. The van der Waals surface area contributed by atoms with Crippen LogP contribution in [-0.2, 0) is 16.1 Å². The van der Waals surface area contributed by atoms with E-state index < -0.39 is 5.97 Å². The number of hydrogen-bond donors (Lipinski definition) is 1. The molecular weight excluding hydrogens is 259 g/mol. The third-order valence-corrected chi connectivity index (χ3v) is 3.44. The second-order valence-corrected chi connectivity index (χ2v) is 5.14. The summed E-state index contributed by atoms with van der Waals surface area (Å²) < 4.78 is 19.3. The van der Waals surface area contributed by atoms with Crippen molar-refractivity contribution in [1.29, 1.82) is 0 Å². The van der Waals surface area contributed by atoms with E-state index in [9.17, 15) is 9.18 Å². The zero-order chi connectivity index (χ0) is 14.4. The van der Waals surface area contributed by atoms with Gasteiger partial charge in [0.05, 0.1) is 12.7 Å². The van der Waals surface area contributed by atoms with E-state index >= 15 is 0 Å². The number of carboxylic acid groups (broad SMARTS) is 1. The topological polar surface area (TPSA) is 46.5 Å². The molecule has 1 saturated carbocycles. The molecular formula is C16H19FO3. The van der Waals surface area contributed by atoms with Crippen molar-refractivity contribution in [2.45, 2.75) is 44.8 Å². The molecule has 0 atom stereocenters. The molecule has 0 amide bonds. The van der Waals surface area contributed by atoms with Crippen molar-refractivity contribution in [2.75, 3.05) is 0 Å². The maximum absolute atomic E-state index is 13.5. The number of aliphatic carboxylic acids is 1. The standard InChI is InChI=1S/C16H19FO3/c17-14-9-12(6-7-16(18)19)8-13(10-14)11-20-15-4-2-1-3-5-15/h6-10,15H,1-5,11H2,(H,18,19). The van der Waals surface area contributed by atoms with E-state index in [-0.39, 0.29) is 11.9 Å². The Morgan fingerprint density at radius 3 is 2.75 bits per heavy atom. The number of hydrogen-bond acceptors (Lipinski definition) is 2. The summed E-state index contributed by atoms with van der Waals surface area (Å²) in [6.07, 6.45) is 8.45. The lowest BCUT2D eigenvalue weighted by atomic mass is 9.98. The molecule has 0 heterocycles. The first kappa shape index (κ1) is 14.7. The van der Waals surface area contributed by atoms with E-state index in [0.717, 1.165) is 24.5 Å². The van der Waals surface area contributed by atoms with E-state index in [1.165, 1.54) is 37.5 Å². The molecule has 1 N–H and O–H groups in total. The highest BCUT2D eigenvalue weighted by molar-refractivity contribution is 5.85. The summed E-state index contributed by atoms with van der Waals surface area (Å²) in [7, 11) is 0. The number of carbonyl (C=O) groups is 1. The van der Waals surface area contributed by atoms with Crippen LogP contribution in [0.25, 0.3) is 6.08 Å². The minimum atomic E-state index is -1.05. The van der Waals surface area contributed by atoms with Crippen LogP contribution in [0.2, 0.25) is 0 Å². The van der Waals surface area contributed by atoms with E-state index in [1.54, 1.807) is 6.07 Å². The molecule has 3 nitrogen and oxygen atoms in total. The van der Waals surface area contributed by atoms with Gasteiger partial charge in [-0.2, -0.15) is 0 Å². The molecule has 1 aliphatic carbocycles. The summed E-state index contributed by atoms with van der Waals surface area (Å²) in [5.74, 6) is -1.42. The maximum Gasteiger partial charge on any atom is 0.328 e. The van der Waals surface area contributed by atoms with Crippen molar-refractivity contribution in [3.63, 3.8) is 0 Å². The Morgan fingerprint density at radius 2 is 2.05 bits per heavy atom. The van der Waals surface area contributed by atoms with Gasteiger partial charge in [0.2, 0.25) is 0 Å². The van der Waals surface area contributed by atoms with Crippen molar-refractivity contribution >= 4 is 12.0 Å². The molecule has 0 bridgehead atoms. The Balaban J connectivity index is 1.98. The van der Waals surface area contributed by atoms with Crippen LogP contribution < -0.4 is 0 Å². The van der Waals surface area contributed by atoms with Crippen LogP contribution in [0.5, 0.6) is 0 Å². The first-order chi connectivity index (χ1) is 9.63. The molecule has 2 rings (SSSR count). The lowest BCUT2D eigenvalue weighted by molar-refractivity contribution is -0.131. The third-order valence-electron chi connectivity index (χ3n) is 3.44. The Hall–Kier alpha value is -1.68. The molecule has 0 aliphatic heterocycles. The fourth-order valence-corrected chi connectivity index (χ4v) is 2.47. The van der Waals surface area contributed by atoms with Gasteiger partial charge >= 0.3 is 5.97 Å².